The minimum absolute atomic E-state index is 0.0244. The average Bonchev–Trinajstić information content (AvgIpc) is 3.48. The number of aryl methyl sites for hydroxylation is 1. The van der Waals surface area contributed by atoms with Gasteiger partial charge in [-0.1, -0.05) is 0 Å². The fourth-order valence-electron chi connectivity index (χ4n) is 4.42. The summed E-state index contributed by atoms with van der Waals surface area (Å²) in [5, 5.41) is 11.6. The van der Waals surface area contributed by atoms with Crippen LogP contribution in [0.25, 0.3) is 0 Å². The van der Waals surface area contributed by atoms with Gasteiger partial charge in [-0.05, 0) is 30.9 Å². The molecule has 5 heterocycles. The van der Waals surface area contributed by atoms with E-state index in [2.05, 4.69) is 15.3 Å². The Bertz CT molecular complexity index is 1260. The van der Waals surface area contributed by atoms with Gasteiger partial charge < -0.3 is 24.8 Å². The third kappa shape index (κ3) is 6.85. The van der Waals surface area contributed by atoms with Gasteiger partial charge in [0.25, 0.3) is 0 Å². The molecule has 13 heteroatoms. The van der Waals surface area contributed by atoms with Gasteiger partial charge in [0, 0.05) is 51.2 Å². The normalized spacial score (nSPS) is 18.5. The van der Waals surface area contributed by atoms with E-state index < -0.39 is 6.03 Å². The summed E-state index contributed by atoms with van der Waals surface area (Å²) >= 11 is 0. The first-order chi connectivity index (χ1) is 18.9. The van der Waals surface area contributed by atoms with Crippen molar-refractivity contribution in [3.63, 3.8) is 0 Å². The van der Waals surface area contributed by atoms with Crippen LogP contribution in [0.15, 0.2) is 18.3 Å². The Morgan fingerprint density at radius 2 is 2.18 bits per heavy atom. The number of pyridine rings is 2. The predicted octanol–water partition coefficient (Wildman–Crippen LogP) is 1.51. The lowest BCUT2D eigenvalue weighted by atomic mass is 10.0. The highest BCUT2D eigenvalue weighted by Crippen LogP contribution is 2.28. The van der Waals surface area contributed by atoms with Gasteiger partial charge in [-0.25, -0.2) is 14.8 Å². The zero-order valence-corrected chi connectivity index (χ0v) is 21.7. The molecule has 3 amide bonds. The third-order valence-corrected chi connectivity index (χ3v) is 6.59. The first-order valence-electron chi connectivity index (χ1n) is 12.6. The van der Waals surface area contributed by atoms with E-state index in [-0.39, 0.29) is 41.8 Å². The summed E-state index contributed by atoms with van der Waals surface area (Å²) in [5.41, 5.74) is 7.86. The van der Waals surface area contributed by atoms with E-state index in [1.165, 1.54) is 17.2 Å². The molecule has 1 atom stereocenters. The van der Waals surface area contributed by atoms with Crippen molar-refractivity contribution < 1.29 is 28.6 Å². The summed E-state index contributed by atoms with van der Waals surface area (Å²) in [6.45, 7) is 3.26. The van der Waals surface area contributed by atoms with Crippen LogP contribution in [0, 0.1) is 11.3 Å². The Hall–Kier alpha value is -4.12. The fraction of sp³-hybridized carbons (Fsp3) is 0.462. The number of hydrogen-bond acceptors (Lipinski definition) is 10. The minimum atomic E-state index is -0.469. The monoisotopic (exact) mass is 537 g/mol. The predicted molar refractivity (Wildman–Crippen MR) is 140 cm³/mol. The van der Waals surface area contributed by atoms with Crippen molar-refractivity contribution in [1.29, 1.82) is 5.26 Å². The van der Waals surface area contributed by atoms with Crippen LogP contribution in [0.4, 0.5) is 22.1 Å². The summed E-state index contributed by atoms with van der Waals surface area (Å²) in [7, 11) is 1.72. The van der Waals surface area contributed by atoms with Gasteiger partial charge in [0.1, 0.15) is 30.0 Å². The number of aromatic nitrogens is 2. The number of carbonyl (C=O) groups is 3. The molecule has 0 bridgehead atoms. The maximum absolute atomic E-state index is 12.9. The van der Waals surface area contributed by atoms with Crippen LogP contribution in [-0.2, 0) is 32.0 Å². The molecular formula is C26H31N7O6. The molecule has 5 rings (SSSR count). The van der Waals surface area contributed by atoms with E-state index in [9.17, 15) is 14.4 Å². The summed E-state index contributed by atoms with van der Waals surface area (Å²) in [6, 6.07) is 4.70. The van der Waals surface area contributed by atoms with Crippen LogP contribution in [0.5, 0.6) is 0 Å². The van der Waals surface area contributed by atoms with E-state index in [1.54, 1.807) is 12.0 Å². The zero-order chi connectivity index (χ0) is 27.8. The number of morpholine rings is 1. The van der Waals surface area contributed by atoms with Crippen LogP contribution < -0.4 is 16.0 Å². The molecule has 13 nitrogen and oxygen atoms in total. The Balaban J connectivity index is 0.000000438. The van der Waals surface area contributed by atoms with Crippen molar-refractivity contribution in [2.45, 2.75) is 31.9 Å². The van der Waals surface area contributed by atoms with Gasteiger partial charge in [0.05, 0.1) is 30.6 Å². The number of nitrogens with two attached hydrogens (primary N) is 1. The van der Waals surface area contributed by atoms with Gasteiger partial charge in [-0.3, -0.25) is 19.8 Å². The van der Waals surface area contributed by atoms with Crippen molar-refractivity contribution in [3.8, 4) is 6.07 Å². The van der Waals surface area contributed by atoms with E-state index in [0.29, 0.717) is 56.3 Å². The number of nitrogens with zero attached hydrogens (tertiary/aromatic N) is 5. The molecule has 1 unspecified atom stereocenters. The quantitative estimate of drug-likeness (QED) is 0.532. The maximum Gasteiger partial charge on any atom is 0.328 e. The molecule has 206 valence electrons. The second-order valence-corrected chi connectivity index (χ2v) is 9.18. The minimum Gasteiger partial charge on any atom is -0.398 e. The number of rotatable bonds is 5. The number of nitriles is 1. The lowest BCUT2D eigenvalue weighted by Crippen LogP contribution is -2.42. The van der Waals surface area contributed by atoms with Crippen molar-refractivity contribution in [2.75, 3.05) is 62.6 Å². The molecule has 2 saturated heterocycles. The molecule has 0 aromatic carbocycles. The number of methoxy groups -OCH3 is 1. The van der Waals surface area contributed by atoms with Gasteiger partial charge in [0.15, 0.2) is 6.29 Å². The van der Waals surface area contributed by atoms with E-state index >= 15 is 0 Å². The van der Waals surface area contributed by atoms with Crippen molar-refractivity contribution in [2.24, 2.45) is 0 Å². The van der Waals surface area contributed by atoms with Gasteiger partial charge in [-0.15, -0.1) is 0 Å². The Morgan fingerprint density at radius 3 is 2.82 bits per heavy atom. The fourth-order valence-corrected chi connectivity index (χ4v) is 4.42. The molecule has 3 N–H and O–H groups in total. The number of aldehydes is 1. The molecule has 39 heavy (non-hydrogen) atoms. The highest BCUT2D eigenvalue weighted by molar-refractivity contribution is 6.01. The average molecular weight is 538 g/mol. The summed E-state index contributed by atoms with van der Waals surface area (Å²) in [6.07, 6.45) is 4.76. The Labute approximate surface area is 225 Å². The molecular weight excluding hydrogens is 506 g/mol. The summed E-state index contributed by atoms with van der Waals surface area (Å²) in [5.74, 6) is 0.465. The first-order valence-corrected chi connectivity index (χ1v) is 12.6. The highest BCUT2D eigenvalue weighted by Gasteiger charge is 2.27. The third-order valence-electron chi connectivity index (χ3n) is 6.59. The molecule has 3 aliphatic rings. The molecule has 0 aliphatic carbocycles. The second-order valence-electron chi connectivity index (χ2n) is 9.18. The van der Waals surface area contributed by atoms with E-state index in [4.69, 9.17) is 25.2 Å². The lowest BCUT2D eigenvalue weighted by Gasteiger charge is -2.30. The number of nitrogens with one attached hydrogen (secondary N) is 1. The number of anilines is 3. The molecule has 0 saturated carbocycles. The maximum atomic E-state index is 12.9. The Kier molecular flexibility index (Phi) is 9.37. The zero-order valence-electron chi connectivity index (χ0n) is 21.7. The van der Waals surface area contributed by atoms with E-state index in [0.717, 1.165) is 25.2 Å². The van der Waals surface area contributed by atoms with Crippen LogP contribution in [0.2, 0.25) is 0 Å². The molecule has 2 aromatic rings. The second kappa shape index (κ2) is 13.1. The van der Waals surface area contributed by atoms with Crippen LogP contribution >= 0.6 is 0 Å². The Morgan fingerprint density at radius 1 is 1.33 bits per heavy atom. The van der Waals surface area contributed by atoms with Gasteiger partial charge in [0.2, 0.25) is 5.91 Å². The number of fused-ring (bicyclic) bond motifs is 1. The van der Waals surface area contributed by atoms with Gasteiger partial charge in [-0.2, -0.15) is 5.26 Å². The van der Waals surface area contributed by atoms with Crippen molar-refractivity contribution >= 4 is 35.5 Å². The van der Waals surface area contributed by atoms with E-state index in [1.807, 2.05) is 12.1 Å². The molecule has 2 aromatic heterocycles. The van der Waals surface area contributed by atoms with Crippen LogP contribution in [0.1, 0.15) is 40.0 Å². The SMILES string of the molecule is COC1CCOC1.N#Cc1cnc(NC(=O)N2CCCc3cc(CN4CCOCC4=O)c(C=O)nc32)cc1N. The van der Waals surface area contributed by atoms with Crippen molar-refractivity contribution in [3.05, 3.63) is 40.7 Å². The highest BCUT2D eigenvalue weighted by atomic mass is 16.5. The van der Waals surface area contributed by atoms with Crippen molar-refractivity contribution in [1.82, 2.24) is 14.9 Å². The number of amides is 3. The smallest absolute Gasteiger partial charge is 0.328 e. The molecule has 2 fully saturated rings. The summed E-state index contributed by atoms with van der Waals surface area (Å²) in [4.78, 5) is 48.3. The number of urea groups is 1. The molecule has 0 spiro atoms. The molecule has 3 aliphatic heterocycles. The number of carbonyl (C=O) groups excluding carboxylic acids is 3. The summed E-state index contributed by atoms with van der Waals surface area (Å²) < 4.78 is 15.2. The topological polar surface area (TPSA) is 173 Å². The number of nitrogen functional groups attached to an aromatic ring is 1. The first kappa shape index (κ1) is 27.9. The van der Waals surface area contributed by atoms with Crippen LogP contribution in [-0.4, -0.2) is 85.8 Å². The largest absolute Gasteiger partial charge is 0.398 e. The number of hydrogen-bond donors (Lipinski definition) is 2. The van der Waals surface area contributed by atoms with Gasteiger partial charge >= 0.3 is 6.03 Å². The molecule has 0 radical (unpaired) electrons. The number of ether oxygens (including phenoxy) is 3. The standard InChI is InChI=1S/C21H21N7O4.C5H10O2/c22-8-15-9-24-18(7-16(15)23)26-21(31)28-3-1-2-13-6-14(17(11-29)25-20(13)28)10-27-4-5-32-12-19(27)30;1-6-5-2-3-7-4-5/h6-7,9,11H,1-5,10,12H2,(H3,23,24,26,31);5H,2-4H2,1H3. The lowest BCUT2D eigenvalue weighted by molar-refractivity contribution is -0.143. The van der Waals surface area contributed by atoms with Crippen LogP contribution in [0.3, 0.4) is 0 Å².